The second-order valence-corrected chi connectivity index (χ2v) is 9.32. The molecule has 4 N–H and O–H groups in total. The van der Waals surface area contributed by atoms with Gasteiger partial charge in [-0.2, -0.15) is 13.2 Å². The van der Waals surface area contributed by atoms with Crippen LogP contribution in [0.5, 0.6) is 0 Å². The van der Waals surface area contributed by atoms with Crippen molar-refractivity contribution in [1.82, 2.24) is 9.97 Å². The summed E-state index contributed by atoms with van der Waals surface area (Å²) in [6.07, 6.45) is 0.664. The molecule has 0 spiro atoms. The number of ether oxygens (including phenoxy) is 1. The molecule has 8 nitrogen and oxygen atoms in total. The minimum atomic E-state index is -4.56. The molecule has 1 aliphatic heterocycles. The van der Waals surface area contributed by atoms with Crippen LogP contribution in [-0.2, 0) is 10.9 Å². The molecule has 2 amide bonds. The van der Waals surface area contributed by atoms with Crippen molar-refractivity contribution < 1.29 is 27.5 Å². The first kappa shape index (κ1) is 26.2. The zero-order valence-electron chi connectivity index (χ0n) is 21.0. The lowest BCUT2D eigenvalue weighted by Crippen LogP contribution is -2.22. The first-order valence-corrected chi connectivity index (χ1v) is 12.4. The number of nitrogens with one attached hydrogen (secondary N) is 4. The molecular weight excluding hydrogens is 511 g/mol. The lowest BCUT2D eigenvalue weighted by atomic mass is 10.1. The number of aromatic amines is 1. The zero-order valence-corrected chi connectivity index (χ0v) is 21.0. The Morgan fingerprint density at radius 3 is 2.72 bits per heavy atom. The number of alkyl halides is 3. The van der Waals surface area contributed by atoms with Crippen LogP contribution in [-0.4, -0.2) is 41.0 Å². The van der Waals surface area contributed by atoms with Gasteiger partial charge in [0, 0.05) is 47.9 Å². The molecule has 4 aromatic rings. The van der Waals surface area contributed by atoms with E-state index in [0.717, 1.165) is 42.5 Å². The van der Waals surface area contributed by atoms with Gasteiger partial charge >= 0.3 is 6.18 Å². The van der Waals surface area contributed by atoms with Crippen LogP contribution in [0.15, 0.2) is 60.9 Å². The van der Waals surface area contributed by atoms with Crippen LogP contribution in [0.4, 0.5) is 30.2 Å². The number of benzene rings is 2. The van der Waals surface area contributed by atoms with E-state index in [1.54, 1.807) is 31.3 Å². The minimum Gasteiger partial charge on any atom is -0.381 e. The van der Waals surface area contributed by atoms with E-state index in [2.05, 4.69) is 25.9 Å². The van der Waals surface area contributed by atoms with Gasteiger partial charge in [-0.05, 0) is 61.7 Å². The topological polar surface area (TPSA) is 108 Å². The maximum atomic E-state index is 13.4. The third-order valence-electron chi connectivity index (χ3n) is 6.56. The summed E-state index contributed by atoms with van der Waals surface area (Å²) in [4.78, 5) is 33.5. The molecule has 0 radical (unpaired) electrons. The molecular formula is C28H26F3N5O3. The molecule has 1 aliphatic rings. The van der Waals surface area contributed by atoms with E-state index >= 15 is 0 Å². The fraction of sp³-hybridized carbons (Fsp3) is 0.250. The van der Waals surface area contributed by atoms with Crippen molar-refractivity contribution in [3.8, 4) is 0 Å². The number of fused-ring (bicyclic) bond motifs is 1. The average molecular weight is 538 g/mol. The van der Waals surface area contributed by atoms with Crippen LogP contribution in [0.25, 0.3) is 11.0 Å². The van der Waals surface area contributed by atoms with E-state index in [1.165, 1.54) is 18.3 Å². The molecule has 0 bridgehead atoms. The number of hydrogen-bond acceptors (Lipinski definition) is 5. The molecule has 0 saturated carbocycles. The van der Waals surface area contributed by atoms with Gasteiger partial charge < -0.3 is 25.7 Å². The monoisotopic (exact) mass is 537 g/mol. The van der Waals surface area contributed by atoms with Gasteiger partial charge in [-0.1, -0.05) is 12.1 Å². The van der Waals surface area contributed by atoms with Crippen LogP contribution in [0.3, 0.4) is 0 Å². The Bertz CT molecular complexity index is 1530. The number of carbonyl (C=O) groups excluding carboxylic acids is 2. The van der Waals surface area contributed by atoms with Crippen molar-refractivity contribution in [2.45, 2.75) is 32.0 Å². The summed E-state index contributed by atoms with van der Waals surface area (Å²) in [5, 5.41) is 9.59. The van der Waals surface area contributed by atoms with Crippen LogP contribution in [0, 0.1) is 6.92 Å². The fourth-order valence-corrected chi connectivity index (χ4v) is 4.46. The van der Waals surface area contributed by atoms with Gasteiger partial charge in [-0.3, -0.25) is 9.59 Å². The molecule has 3 heterocycles. The number of nitrogens with zero attached hydrogens (tertiary/aromatic N) is 1. The largest absolute Gasteiger partial charge is 0.416 e. The van der Waals surface area contributed by atoms with Crippen molar-refractivity contribution in [2.24, 2.45) is 0 Å². The third-order valence-corrected chi connectivity index (χ3v) is 6.56. The molecule has 39 heavy (non-hydrogen) atoms. The minimum absolute atomic E-state index is 0.0578. The average Bonchev–Trinajstić information content (AvgIpc) is 3.61. The number of hydrogen-bond donors (Lipinski definition) is 4. The maximum absolute atomic E-state index is 13.4. The number of aryl methyl sites for hydroxylation is 1. The number of H-pyrrole nitrogens is 1. The molecule has 1 fully saturated rings. The van der Waals surface area contributed by atoms with Crippen molar-refractivity contribution in [1.29, 1.82) is 0 Å². The molecule has 5 rings (SSSR count). The lowest BCUT2D eigenvalue weighted by Gasteiger charge is -2.17. The Labute approximate surface area is 222 Å². The number of carbonyl (C=O) groups is 2. The van der Waals surface area contributed by atoms with E-state index in [1.807, 2.05) is 6.07 Å². The number of aromatic nitrogens is 2. The summed E-state index contributed by atoms with van der Waals surface area (Å²) < 4.78 is 44.9. The fourth-order valence-electron chi connectivity index (χ4n) is 4.46. The predicted octanol–water partition coefficient (Wildman–Crippen LogP) is 5.99. The molecule has 2 aromatic carbocycles. The van der Waals surface area contributed by atoms with Gasteiger partial charge in [0.1, 0.15) is 5.65 Å². The quantitative estimate of drug-likeness (QED) is 0.232. The summed E-state index contributed by atoms with van der Waals surface area (Å²) >= 11 is 0. The maximum Gasteiger partial charge on any atom is 0.416 e. The normalized spacial score (nSPS) is 15.3. The highest BCUT2D eigenvalue weighted by molar-refractivity contribution is 6.12. The van der Waals surface area contributed by atoms with Crippen molar-refractivity contribution in [3.63, 3.8) is 0 Å². The van der Waals surface area contributed by atoms with Gasteiger partial charge in [0.15, 0.2) is 0 Å². The standard InChI is InChI=1S/C28H26F3N5O3/c1-16-7-8-19(35-26(37)17-4-2-5-18(12-17)28(29,30)31)13-23(16)36-27(38)22-15-34-25-21(9-10-32-25)24(22)33-14-20-6-3-11-39-20/h2,4-5,7-10,12-13,15,20H,3,6,11,14H2,1H3,(H,35,37)(H,36,38)(H2,32,33,34). The van der Waals surface area contributed by atoms with Crippen LogP contribution < -0.4 is 16.0 Å². The summed E-state index contributed by atoms with van der Waals surface area (Å²) in [6.45, 7) is 3.05. The Morgan fingerprint density at radius 2 is 1.95 bits per heavy atom. The van der Waals surface area contributed by atoms with E-state index < -0.39 is 23.6 Å². The van der Waals surface area contributed by atoms with Crippen LogP contribution >= 0.6 is 0 Å². The van der Waals surface area contributed by atoms with Gasteiger partial charge in [0.05, 0.1) is 22.9 Å². The molecule has 202 valence electrons. The molecule has 1 unspecified atom stereocenters. The molecule has 0 aliphatic carbocycles. The number of amides is 2. The Kier molecular flexibility index (Phi) is 7.25. The van der Waals surface area contributed by atoms with E-state index in [0.29, 0.717) is 34.8 Å². The van der Waals surface area contributed by atoms with E-state index in [9.17, 15) is 22.8 Å². The number of anilines is 3. The summed E-state index contributed by atoms with van der Waals surface area (Å²) in [7, 11) is 0. The van der Waals surface area contributed by atoms with Gasteiger partial charge in [-0.15, -0.1) is 0 Å². The van der Waals surface area contributed by atoms with E-state index in [4.69, 9.17) is 4.74 Å². The Balaban J connectivity index is 1.35. The Hall–Kier alpha value is -4.38. The molecule has 2 aromatic heterocycles. The van der Waals surface area contributed by atoms with Crippen molar-refractivity contribution in [2.75, 3.05) is 29.1 Å². The van der Waals surface area contributed by atoms with Crippen molar-refractivity contribution >= 4 is 39.9 Å². The number of rotatable bonds is 7. The smallest absolute Gasteiger partial charge is 0.381 e. The number of halogens is 3. The van der Waals surface area contributed by atoms with Gasteiger partial charge in [0.2, 0.25) is 0 Å². The highest BCUT2D eigenvalue weighted by Gasteiger charge is 2.31. The first-order chi connectivity index (χ1) is 18.7. The highest BCUT2D eigenvalue weighted by atomic mass is 19.4. The second kappa shape index (κ2) is 10.8. The van der Waals surface area contributed by atoms with E-state index in [-0.39, 0.29) is 11.7 Å². The van der Waals surface area contributed by atoms with Crippen molar-refractivity contribution in [3.05, 3.63) is 83.2 Å². The highest BCUT2D eigenvalue weighted by Crippen LogP contribution is 2.31. The van der Waals surface area contributed by atoms with Crippen LogP contribution in [0.1, 0.15) is 44.7 Å². The second-order valence-electron chi connectivity index (χ2n) is 9.32. The molecule has 1 saturated heterocycles. The molecule has 11 heteroatoms. The summed E-state index contributed by atoms with van der Waals surface area (Å²) in [5.41, 5.74) is 2.02. The third kappa shape index (κ3) is 5.88. The summed E-state index contributed by atoms with van der Waals surface area (Å²) in [6, 6.07) is 10.9. The van der Waals surface area contributed by atoms with Crippen LogP contribution in [0.2, 0.25) is 0 Å². The molecule has 1 atom stereocenters. The van der Waals surface area contributed by atoms with Gasteiger partial charge in [-0.25, -0.2) is 4.98 Å². The SMILES string of the molecule is Cc1ccc(NC(=O)c2cccc(C(F)(F)F)c2)cc1NC(=O)c1cnc2[nH]ccc2c1NCC1CCCO1. The summed E-state index contributed by atoms with van der Waals surface area (Å²) in [5.74, 6) is -1.12. The predicted molar refractivity (Wildman–Crippen MR) is 142 cm³/mol. The first-order valence-electron chi connectivity index (χ1n) is 12.4. The Morgan fingerprint density at radius 1 is 1.10 bits per heavy atom. The number of pyridine rings is 1. The van der Waals surface area contributed by atoms with Gasteiger partial charge in [0.25, 0.3) is 11.8 Å². The lowest BCUT2D eigenvalue weighted by molar-refractivity contribution is -0.137. The zero-order chi connectivity index (χ0) is 27.6.